The number of hydrogen-bond donors (Lipinski definition) is 0. The summed E-state index contributed by atoms with van der Waals surface area (Å²) in [4.78, 5) is 50.0. The molecule has 17 nitrogen and oxygen atoms in total. The van der Waals surface area contributed by atoms with Crippen molar-refractivity contribution in [2.24, 2.45) is 0 Å². The molecule has 6 aliphatic carbocycles. The van der Waals surface area contributed by atoms with Gasteiger partial charge in [0.2, 0.25) is 0 Å². The summed E-state index contributed by atoms with van der Waals surface area (Å²) in [6, 6.07) is 77.4. The summed E-state index contributed by atoms with van der Waals surface area (Å²) in [5.74, 6) is 4.22. The fraction of sp³-hybridized carbons (Fsp3) is 0.336. The summed E-state index contributed by atoms with van der Waals surface area (Å²) >= 11 is 1.06. The quantitative estimate of drug-likeness (QED) is 0.0340. The molecule has 0 saturated carbocycles. The van der Waals surface area contributed by atoms with E-state index in [1.165, 1.54) is 44.5 Å². The maximum atomic E-state index is 8.19. The van der Waals surface area contributed by atoms with Gasteiger partial charge in [-0.25, -0.2) is 9.97 Å². The molecule has 5 unspecified atom stereocenters. The van der Waals surface area contributed by atoms with Crippen LogP contribution in [0.2, 0.25) is 0 Å². The van der Waals surface area contributed by atoms with Gasteiger partial charge in [-0.1, -0.05) is 333 Å². The Kier molecular flexibility index (Phi) is 27.2. The van der Waals surface area contributed by atoms with E-state index in [4.69, 9.17) is 81.4 Å². The number of nitrogens with zero attached hydrogens (tertiary/aromatic N) is 8. The van der Waals surface area contributed by atoms with Crippen LogP contribution in [0.15, 0.2) is 212 Å². The minimum atomic E-state index is -0.367. The second-order valence-corrected chi connectivity index (χ2v) is 38.2. The van der Waals surface area contributed by atoms with Crippen LogP contribution in [-0.2, 0) is 21.0 Å². The molecule has 1 radical (unpaired) electrons. The van der Waals surface area contributed by atoms with Crippen LogP contribution in [0.5, 0.6) is 46.0 Å². The van der Waals surface area contributed by atoms with E-state index in [1.807, 2.05) is 0 Å². The molecule has 5 atom stereocenters. The monoisotopic (exact) mass is 1890 g/mol. The molecule has 15 aromatic rings. The van der Waals surface area contributed by atoms with E-state index in [9.17, 15) is 0 Å². The van der Waals surface area contributed by atoms with Gasteiger partial charge in [-0.2, -0.15) is 0 Å². The van der Waals surface area contributed by atoms with Crippen LogP contribution in [0, 0.1) is 6.42 Å². The zero-order valence-electron chi connectivity index (χ0n) is 82.0. The van der Waals surface area contributed by atoms with Crippen molar-refractivity contribution in [2.45, 2.75) is 213 Å². The molecule has 23 rings (SSSR count). The summed E-state index contributed by atoms with van der Waals surface area (Å²) in [5.41, 5.74) is 26.6. The Balaban J connectivity index is 0.00000578. The van der Waals surface area contributed by atoms with Gasteiger partial charge in [0.15, 0.2) is 0 Å². The second kappa shape index (κ2) is 40.9. The fourth-order valence-corrected chi connectivity index (χ4v) is 22.9. The van der Waals surface area contributed by atoms with Gasteiger partial charge in [0, 0.05) is 136 Å². The Morgan fingerprint density at radius 3 is 0.800 bits per heavy atom. The third kappa shape index (κ3) is 16.0. The van der Waals surface area contributed by atoms with Crippen molar-refractivity contribution in [1.82, 2.24) is 39.9 Å². The zero-order chi connectivity index (χ0) is 95.8. The molecule has 3 aromatic heterocycles. The molecule has 0 N–H and O–H groups in total. The average molecular weight is 1890 g/mol. The van der Waals surface area contributed by atoms with Crippen molar-refractivity contribution in [3.63, 3.8) is 0 Å². The van der Waals surface area contributed by atoms with Crippen molar-refractivity contribution in [2.75, 3.05) is 52.9 Å². The standard InChI is InChI=1S/C122H121N8O8.O.V/c1-11-19-62-131-107-86-70-76-52-36-37-55-79(76)89(73-46-30-27-31-47-73)94(86)110(134-65-22-14-4)100-99(107)115-123-116(100)125-121-105-106(114(138-69-26-18-8)98-93-84-60-44-42-58-82(84)92(83-59-43-45-61-85(83)93)97(98)113(105)137-68-25-17-7)122(130-121)128-118-102-104(112(136-67-24-16-6)96-88(109(102)133-64-21-13-3)72(10)78-54-39-41-57-81(78)91(96)75-50-34-29-35-51-75)120(127-118)129-119-103-101(117(124-115)126-119)108(132-63-20-12-2)87-71(9)77-53-38-40-56-80(77)90(74-48-32-28-33-49-74)95(87)111(103)135-66-23-15-5;;/h27-61,70-72,89-93H,11-26,62-69H2,1-10H3;;/q-2;;+2. The number of ether oxygens (including phenoxy) is 8. The van der Waals surface area contributed by atoms with Crippen LogP contribution in [-0.4, -0.2) is 82.8 Å². The van der Waals surface area contributed by atoms with Gasteiger partial charge in [0.05, 0.1) is 98.4 Å². The summed E-state index contributed by atoms with van der Waals surface area (Å²) in [6.45, 7) is 25.4. The molecule has 0 fully saturated rings. The molecule has 5 heterocycles. The molecule has 0 spiro atoms. The van der Waals surface area contributed by atoms with Gasteiger partial charge in [-0.3, -0.25) is 0 Å². The number of aromatic nitrogens is 8. The first-order valence-corrected chi connectivity index (χ1v) is 52.0. The topological polar surface area (TPSA) is 196 Å². The molecule has 18 heteroatoms. The predicted molar refractivity (Wildman–Crippen MR) is 552 cm³/mol. The van der Waals surface area contributed by atoms with Crippen molar-refractivity contribution >= 4 is 44.1 Å². The van der Waals surface area contributed by atoms with E-state index < -0.39 is 0 Å². The zero-order valence-corrected chi connectivity index (χ0v) is 83.4. The molecule has 0 amide bonds. The third-order valence-electron chi connectivity index (χ3n) is 29.5. The number of hydrogen-bond acceptors (Lipinski definition) is 15. The van der Waals surface area contributed by atoms with Crippen LogP contribution in [0.1, 0.15) is 330 Å². The van der Waals surface area contributed by atoms with Gasteiger partial charge >= 0.3 is 21.0 Å². The minimum absolute atomic E-state index is 0.242. The Morgan fingerprint density at radius 2 is 0.471 bits per heavy atom. The van der Waals surface area contributed by atoms with E-state index in [2.05, 4.69) is 288 Å². The number of fused-ring (bicyclic) bond motifs is 26. The number of rotatable bonds is 35. The second-order valence-electron chi connectivity index (χ2n) is 38.2. The molecule has 8 aliphatic rings. The Morgan fingerprint density at radius 1 is 0.243 bits per heavy atom. The van der Waals surface area contributed by atoms with Gasteiger partial charge in [0.25, 0.3) is 0 Å². The summed E-state index contributed by atoms with van der Waals surface area (Å²) in [5, 5.41) is 2.47. The first kappa shape index (κ1) is 93.1. The van der Waals surface area contributed by atoms with Crippen molar-refractivity contribution in [3.8, 4) is 91.5 Å². The van der Waals surface area contributed by atoms with Gasteiger partial charge in [-0.15, -0.1) is 0 Å². The van der Waals surface area contributed by atoms with Gasteiger partial charge < -0.3 is 67.8 Å². The van der Waals surface area contributed by atoms with Crippen molar-refractivity contribution in [1.29, 1.82) is 0 Å². The molecular formula is C122H121N8O9V. The van der Waals surface area contributed by atoms with E-state index in [-0.39, 0.29) is 41.4 Å². The summed E-state index contributed by atoms with van der Waals surface area (Å²) in [6.07, 6.45) is 15.3. The number of unbranched alkanes of at least 4 members (excludes halogenated alkanes) is 8. The van der Waals surface area contributed by atoms with E-state index in [0.29, 0.717) is 189 Å². The maximum absolute atomic E-state index is 8.19. The predicted octanol–water partition coefficient (Wildman–Crippen LogP) is 28.8. The molecule has 708 valence electrons. The third-order valence-corrected chi connectivity index (χ3v) is 29.5. The molecule has 12 aromatic carbocycles. The van der Waals surface area contributed by atoms with E-state index >= 15 is 0 Å². The van der Waals surface area contributed by atoms with Gasteiger partial charge in [-0.05, 0) is 124 Å². The summed E-state index contributed by atoms with van der Waals surface area (Å²) in [7, 11) is 0. The first-order valence-electron chi connectivity index (χ1n) is 51.4. The normalized spacial score (nSPS) is 16.6. The summed E-state index contributed by atoms with van der Waals surface area (Å²) < 4.78 is 71.1. The number of benzene rings is 12. The SMILES string of the molecule is CCCCOc1c2c(c(OCCCC)c3c1C(C)c1ccccc1C3c1ccccc1)-c1nc-2nc2[n-]c(nc3nc(nc4[n-]c(n1)c1c(OCCCC)c5c(c(OCCCC)c41)C(C)c1ccccc1C5c1ccccc1)-c1c(OCCCC)c4c(c(OCCCC)c1-3)C1c3ccccc3C4c3ccccc31)c1c(OCCCC)c3c(c(OCCCC)c21)[CH]c1ccccc1C3c1ccccc1.[O]=[V+2]. The first-order chi connectivity index (χ1) is 69.1. The van der Waals surface area contributed by atoms with Crippen LogP contribution in [0.3, 0.4) is 0 Å². The van der Waals surface area contributed by atoms with Gasteiger partial charge in [0.1, 0.15) is 46.0 Å². The molecular weight excluding hydrogens is 1770 g/mol. The molecule has 2 aliphatic heterocycles. The molecule has 10 bridgehead atoms. The Bertz CT molecular complexity index is 7340. The van der Waals surface area contributed by atoms with E-state index in [0.717, 1.165) is 192 Å². The van der Waals surface area contributed by atoms with Crippen molar-refractivity contribution in [3.05, 3.63) is 336 Å². The van der Waals surface area contributed by atoms with Crippen LogP contribution < -0.4 is 47.9 Å². The van der Waals surface area contributed by atoms with E-state index in [1.54, 1.807) is 0 Å². The fourth-order valence-electron chi connectivity index (χ4n) is 22.9. The Labute approximate surface area is 830 Å². The Hall–Kier alpha value is -13.2. The van der Waals surface area contributed by atoms with Crippen molar-refractivity contribution < 1.29 is 58.9 Å². The van der Waals surface area contributed by atoms with Crippen LogP contribution in [0.25, 0.3) is 89.7 Å². The van der Waals surface area contributed by atoms with Crippen LogP contribution in [0.4, 0.5) is 0 Å². The van der Waals surface area contributed by atoms with Crippen LogP contribution >= 0.6 is 0 Å². The molecule has 0 saturated heterocycles. The molecule has 140 heavy (non-hydrogen) atoms. The average Bonchev–Trinajstić information content (AvgIpc) is 1.24.